The first-order chi connectivity index (χ1) is 15.9. The summed E-state index contributed by atoms with van der Waals surface area (Å²) in [6.07, 6.45) is 2.26. The summed E-state index contributed by atoms with van der Waals surface area (Å²) in [5.41, 5.74) is 4.34. The number of rotatable bonds is 3. The molecule has 2 heterocycles. The van der Waals surface area contributed by atoms with Gasteiger partial charge in [0.05, 0.1) is 5.69 Å². The number of nitrogens with one attached hydrogen (secondary N) is 1. The molecule has 4 rings (SSSR count). The maximum absolute atomic E-state index is 15.3. The maximum atomic E-state index is 15.3. The van der Waals surface area contributed by atoms with E-state index < -0.39 is 17.6 Å². The number of carbonyl (C=O) groups is 2. The maximum Gasteiger partial charge on any atom is 0.270 e. The third-order valence-electron chi connectivity index (χ3n) is 6.82. The Morgan fingerprint density at radius 3 is 2.53 bits per heavy atom. The molecule has 0 radical (unpaired) electrons. The van der Waals surface area contributed by atoms with E-state index in [0.717, 1.165) is 35.3 Å². The molecular weight excluding hydrogens is 449 g/mol. The smallest absolute Gasteiger partial charge is 0.270 e. The number of carbonyl (C=O) groups excluding carboxylic acids is 2. The van der Waals surface area contributed by atoms with Crippen molar-refractivity contribution in [3.05, 3.63) is 64.0 Å². The molecule has 0 spiro atoms. The van der Waals surface area contributed by atoms with Crippen LogP contribution in [0.3, 0.4) is 0 Å². The van der Waals surface area contributed by atoms with Crippen LogP contribution >= 0.6 is 12.2 Å². The van der Waals surface area contributed by atoms with E-state index in [-0.39, 0.29) is 27.7 Å². The van der Waals surface area contributed by atoms with E-state index in [9.17, 15) is 9.59 Å². The fraction of sp³-hybridized carbons (Fsp3) is 0.370. The molecule has 1 saturated heterocycles. The van der Waals surface area contributed by atoms with Gasteiger partial charge >= 0.3 is 0 Å². The molecule has 2 aliphatic rings. The van der Waals surface area contributed by atoms with Crippen LogP contribution in [0.25, 0.3) is 6.08 Å². The largest absolute Gasteiger partial charge is 0.366 e. The van der Waals surface area contributed by atoms with Crippen LogP contribution in [0, 0.1) is 19.7 Å². The molecule has 5 nitrogen and oxygen atoms in total. The molecule has 0 aliphatic carbocycles. The summed E-state index contributed by atoms with van der Waals surface area (Å²) in [4.78, 5) is 29.7. The second-order valence-electron chi connectivity index (χ2n) is 9.84. The van der Waals surface area contributed by atoms with Gasteiger partial charge < -0.3 is 4.90 Å². The molecule has 34 heavy (non-hydrogen) atoms. The standard InChI is InChI=1S/C27H30FN3O2S/c1-7-30-23-13-21(28)18(11-19(23)17(4)14-27(30,5)6)12-20-24(32)29-26(34)31(25(20)33)22-9-8-15(2)10-16(22)3/h8-13,17H,7,14H2,1-6H3,(H,29,32,34)/b20-12-. The van der Waals surface area contributed by atoms with E-state index in [4.69, 9.17) is 12.2 Å². The molecule has 1 atom stereocenters. The minimum absolute atomic E-state index is 0.0134. The number of halogens is 1. The zero-order valence-electron chi connectivity index (χ0n) is 20.5. The SMILES string of the molecule is CCN1c2cc(F)c(/C=C3/C(=O)NC(=S)N(c4ccc(C)cc4C)C3=O)cc2C(C)CC1(C)C. The van der Waals surface area contributed by atoms with Gasteiger partial charge in [-0.05, 0) is 94.6 Å². The molecule has 178 valence electrons. The van der Waals surface area contributed by atoms with E-state index >= 15 is 4.39 Å². The van der Waals surface area contributed by atoms with Gasteiger partial charge in [0.25, 0.3) is 11.8 Å². The molecule has 1 fully saturated rings. The number of anilines is 2. The molecule has 0 aromatic heterocycles. The van der Waals surface area contributed by atoms with Gasteiger partial charge in [-0.3, -0.25) is 19.8 Å². The van der Waals surface area contributed by atoms with Crippen LogP contribution in [0.5, 0.6) is 0 Å². The minimum Gasteiger partial charge on any atom is -0.366 e. The van der Waals surface area contributed by atoms with Gasteiger partial charge in [-0.15, -0.1) is 0 Å². The van der Waals surface area contributed by atoms with Crippen molar-refractivity contribution in [3.63, 3.8) is 0 Å². The van der Waals surface area contributed by atoms with Gasteiger partial charge in [0.1, 0.15) is 11.4 Å². The molecule has 0 bridgehead atoms. The molecule has 1 N–H and O–H groups in total. The van der Waals surface area contributed by atoms with Crippen LogP contribution in [0.1, 0.15) is 62.3 Å². The first kappa shape index (κ1) is 24.1. The Bertz CT molecular complexity index is 1250. The zero-order chi connectivity index (χ0) is 24.9. The highest BCUT2D eigenvalue weighted by Crippen LogP contribution is 2.44. The Morgan fingerprint density at radius 1 is 1.18 bits per heavy atom. The van der Waals surface area contributed by atoms with Crippen LogP contribution in [0.15, 0.2) is 35.9 Å². The van der Waals surface area contributed by atoms with Crippen molar-refractivity contribution in [1.29, 1.82) is 0 Å². The lowest BCUT2D eigenvalue weighted by atomic mass is 9.79. The quantitative estimate of drug-likeness (QED) is 0.365. The number of thiocarbonyl (C=S) groups is 1. The predicted molar refractivity (Wildman–Crippen MR) is 139 cm³/mol. The number of nitrogens with zero attached hydrogens (tertiary/aromatic N) is 2. The second-order valence-corrected chi connectivity index (χ2v) is 10.2. The van der Waals surface area contributed by atoms with Gasteiger partial charge in [0.15, 0.2) is 5.11 Å². The molecule has 2 aromatic carbocycles. The minimum atomic E-state index is -0.627. The molecular formula is C27H30FN3O2S. The highest BCUT2D eigenvalue weighted by molar-refractivity contribution is 7.80. The Hall–Kier alpha value is -3.06. The van der Waals surface area contributed by atoms with Gasteiger partial charge in [-0.1, -0.05) is 24.6 Å². The summed E-state index contributed by atoms with van der Waals surface area (Å²) >= 11 is 5.31. The zero-order valence-corrected chi connectivity index (χ0v) is 21.3. The monoisotopic (exact) mass is 479 g/mol. The lowest BCUT2D eigenvalue weighted by molar-refractivity contribution is -0.122. The van der Waals surface area contributed by atoms with Crippen LogP contribution in [-0.2, 0) is 9.59 Å². The first-order valence-corrected chi connectivity index (χ1v) is 11.9. The van der Waals surface area contributed by atoms with Crippen molar-refractivity contribution in [3.8, 4) is 0 Å². The van der Waals surface area contributed by atoms with E-state index in [1.807, 2.05) is 26.0 Å². The normalized spacial score (nSPS) is 21.1. The molecule has 2 aromatic rings. The van der Waals surface area contributed by atoms with Crippen molar-refractivity contribution >= 4 is 46.6 Å². The Morgan fingerprint density at radius 2 is 1.88 bits per heavy atom. The van der Waals surface area contributed by atoms with Crippen LogP contribution < -0.4 is 15.1 Å². The Balaban J connectivity index is 1.79. The Kier molecular flexibility index (Phi) is 6.10. The number of amides is 2. The predicted octanol–water partition coefficient (Wildman–Crippen LogP) is 5.39. The van der Waals surface area contributed by atoms with Gasteiger partial charge in [0, 0.05) is 23.3 Å². The summed E-state index contributed by atoms with van der Waals surface area (Å²) in [6.45, 7) is 13.1. The topological polar surface area (TPSA) is 52.7 Å². The molecule has 7 heteroatoms. The van der Waals surface area contributed by atoms with Crippen molar-refractivity contribution < 1.29 is 14.0 Å². The molecule has 2 amide bonds. The third-order valence-corrected chi connectivity index (χ3v) is 7.10. The highest BCUT2D eigenvalue weighted by atomic mass is 32.1. The van der Waals surface area contributed by atoms with Crippen molar-refractivity contribution in [1.82, 2.24) is 5.32 Å². The van der Waals surface area contributed by atoms with Gasteiger partial charge in [-0.25, -0.2) is 4.39 Å². The lowest BCUT2D eigenvalue weighted by Crippen LogP contribution is -2.54. The van der Waals surface area contributed by atoms with Crippen LogP contribution in [0.4, 0.5) is 15.8 Å². The average molecular weight is 480 g/mol. The first-order valence-electron chi connectivity index (χ1n) is 11.5. The van der Waals surface area contributed by atoms with Crippen LogP contribution in [-0.4, -0.2) is 29.0 Å². The van der Waals surface area contributed by atoms with Crippen molar-refractivity contribution in [2.45, 2.75) is 59.4 Å². The highest BCUT2D eigenvalue weighted by Gasteiger charge is 2.38. The van der Waals surface area contributed by atoms with Crippen molar-refractivity contribution in [2.24, 2.45) is 0 Å². The Labute approximate surface area is 205 Å². The van der Waals surface area contributed by atoms with E-state index in [1.54, 1.807) is 12.1 Å². The van der Waals surface area contributed by atoms with Gasteiger partial charge in [0.2, 0.25) is 0 Å². The number of benzene rings is 2. The lowest BCUT2D eigenvalue weighted by Gasteiger charge is -2.47. The second kappa shape index (κ2) is 8.62. The van der Waals surface area contributed by atoms with Crippen molar-refractivity contribution in [2.75, 3.05) is 16.3 Å². The average Bonchev–Trinajstić information content (AvgIpc) is 2.72. The summed E-state index contributed by atoms with van der Waals surface area (Å²) in [7, 11) is 0. The summed E-state index contributed by atoms with van der Waals surface area (Å²) in [5, 5.41) is 2.60. The molecule has 2 aliphatic heterocycles. The fourth-order valence-electron chi connectivity index (χ4n) is 5.32. The fourth-order valence-corrected chi connectivity index (χ4v) is 5.59. The number of hydrogen-bond acceptors (Lipinski definition) is 4. The molecule has 1 unspecified atom stereocenters. The summed E-state index contributed by atoms with van der Waals surface area (Å²) in [5.74, 6) is -1.46. The third kappa shape index (κ3) is 4.02. The number of hydrogen-bond donors (Lipinski definition) is 1. The van der Waals surface area contributed by atoms with E-state index in [2.05, 4.69) is 37.9 Å². The van der Waals surface area contributed by atoms with E-state index in [1.165, 1.54) is 17.0 Å². The van der Waals surface area contributed by atoms with Gasteiger partial charge in [-0.2, -0.15) is 0 Å². The number of fused-ring (bicyclic) bond motifs is 1. The summed E-state index contributed by atoms with van der Waals surface area (Å²) in [6, 6.07) is 8.92. The van der Waals surface area contributed by atoms with Crippen LogP contribution in [0.2, 0.25) is 0 Å². The summed E-state index contributed by atoms with van der Waals surface area (Å²) < 4.78 is 15.3. The molecule has 0 saturated carbocycles. The number of aryl methyl sites for hydroxylation is 2. The van der Waals surface area contributed by atoms with E-state index in [0.29, 0.717) is 5.69 Å².